The van der Waals surface area contributed by atoms with E-state index in [4.69, 9.17) is 14.2 Å². The molecule has 2 aromatic carbocycles. The van der Waals surface area contributed by atoms with Crippen LogP contribution in [-0.2, 0) is 4.79 Å². The Bertz CT molecular complexity index is 916. The molecular weight excluding hydrogens is 420 g/mol. The molecule has 0 radical (unpaired) electrons. The molecule has 2 amide bonds. The summed E-state index contributed by atoms with van der Waals surface area (Å²) in [6.45, 7) is 8.02. The van der Waals surface area contributed by atoms with E-state index in [2.05, 4.69) is 5.32 Å². The largest absolute Gasteiger partial charge is 0.490 e. The maximum Gasteiger partial charge on any atom is 0.254 e. The molecule has 0 spiro atoms. The zero-order valence-electron chi connectivity index (χ0n) is 19.7. The van der Waals surface area contributed by atoms with Gasteiger partial charge in [-0.15, -0.1) is 0 Å². The molecule has 1 saturated heterocycles. The van der Waals surface area contributed by atoms with Gasteiger partial charge in [0, 0.05) is 30.6 Å². The number of para-hydroxylation sites is 1. The van der Waals surface area contributed by atoms with Gasteiger partial charge in [0.1, 0.15) is 19.0 Å². The van der Waals surface area contributed by atoms with Gasteiger partial charge in [-0.05, 0) is 50.1 Å². The Morgan fingerprint density at radius 1 is 1.03 bits per heavy atom. The molecule has 1 N–H and O–H groups in total. The van der Waals surface area contributed by atoms with Gasteiger partial charge in [-0.1, -0.05) is 32.0 Å². The number of carbonyl (C=O) groups excluding carboxylic acids is 2. The molecule has 1 unspecified atom stereocenters. The number of hydrogen-bond donors (Lipinski definition) is 1. The van der Waals surface area contributed by atoms with Crippen molar-refractivity contribution >= 4 is 11.8 Å². The molecule has 33 heavy (non-hydrogen) atoms. The van der Waals surface area contributed by atoms with Crippen LogP contribution in [0.2, 0.25) is 0 Å². The minimum Gasteiger partial charge on any atom is -0.490 e. The molecule has 0 bridgehead atoms. The maximum absolute atomic E-state index is 13.1. The summed E-state index contributed by atoms with van der Waals surface area (Å²) in [7, 11) is 0. The normalized spacial score (nSPS) is 15.8. The van der Waals surface area contributed by atoms with Crippen LogP contribution in [0.1, 0.15) is 44.0 Å². The fourth-order valence-electron chi connectivity index (χ4n) is 3.69. The monoisotopic (exact) mass is 454 g/mol. The number of benzene rings is 2. The summed E-state index contributed by atoms with van der Waals surface area (Å²) in [6, 6.07) is 14.8. The molecule has 7 heteroatoms. The lowest BCUT2D eigenvalue weighted by molar-refractivity contribution is -0.125. The SMILES string of the molecule is CCOc1cc(C(=O)N2CCCC(NC(=O)C(C)C)C2)ccc1OCCOc1ccccc1. The highest BCUT2D eigenvalue weighted by molar-refractivity contribution is 5.95. The predicted octanol–water partition coefficient (Wildman–Crippen LogP) is 3.92. The first-order valence-corrected chi connectivity index (χ1v) is 11.6. The highest BCUT2D eigenvalue weighted by atomic mass is 16.5. The van der Waals surface area contributed by atoms with Crippen LogP contribution in [0.3, 0.4) is 0 Å². The molecular formula is C26H34N2O5. The van der Waals surface area contributed by atoms with Crippen LogP contribution in [0.15, 0.2) is 48.5 Å². The van der Waals surface area contributed by atoms with Crippen molar-refractivity contribution in [2.24, 2.45) is 5.92 Å². The van der Waals surface area contributed by atoms with Crippen molar-refractivity contribution in [1.29, 1.82) is 0 Å². The van der Waals surface area contributed by atoms with Crippen molar-refractivity contribution < 1.29 is 23.8 Å². The van der Waals surface area contributed by atoms with E-state index >= 15 is 0 Å². The van der Waals surface area contributed by atoms with Crippen LogP contribution in [0.25, 0.3) is 0 Å². The minimum absolute atomic E-state index is 0.0174. The van der Waals surface area contributed by atoms with Crippen molar-refractivity contribution in [2.45, 2.75) is 39.7 Å². The smallest absolute Gasteiger partial charge is 0.254 e. The number of hydrogen-bond acceptors (Lipinski definition) is 5. The summed E-state index contributed by atoms with van der Waals surface area (Å²) in [5, 5.41) is 3.05. The zero-order chi connectivity index (χ0) is 23.6. The minimum atomic E-state index is -0.0736. The topological polar surface area (TPSA) is 77.1 Å². The summed E-state index contributed by atoms with van der Waals surface area (Å²) >= 11 is 0. The van der Waals surface area contributed by atoms with Crippen molar-refractivity contribution in [3.05, 3.63) is 54.1 Å². The lowest BCUT2D eigenvalue weighted by atomic mass is 10.0. The number of carbonyl (C=O) groups is 2. The Labute approximate surface area is 196 Å². The number of ether oxygens (including phenoxy) is 3. The Morgan fingerprint density at radius 2 is 1.79 bits per heavy atom. The van der Waals surface area contributed by atoms with Crippen LogP contribution in [-0.4, -0.2) is 55.7 Å². The fourth-order valence-corrected chi connectivity index (χ4v) is 3.69. The Hall–Kier alpha value is -3.22. The van der Waals surface area contributed by atoms with Crippen LogP contribution in [0.4, 0.5) is 0 Å². The first kappa shape index (κ1) is 24.4. The summed E-state index contributed by atoms with van der Waals surface area (Å²) in [6.07, 6.45) is 1.74. The van der Waals surface area contributed by atoms with Crippen molar-refractivity contribution in [3.8, 4) is 17.2 Å². The van der Waals surface area contributed by atoms with Crippen LogP contribution >= 0.6 is 0 Å². The second kappa shape index (κ2) is 12.1. The first-order chi connectivity index (χ1) is 16.0. The average molecular weight is 455 g/mol. The van der Waals surface area contributed by atoms with E-state index in [1.807, 2.05) is 51.1 Å². The lowest BCUT2D eigenvalue weighted by Crippen LogP contribution is -2.50. The molecule has 0 saturated carbocycles. The zero-order valence-corrected chi connectivity index (χ0v) is 19.7. The van der Waals surface area contributed by atoms with Crippen LogP contribution in [0.5, 0.6) is 17.2 Å². The van der Waals surface area contributed by atoms with Crippen LogP contribution < -0.4 is 19.5 Å². The highest BCUT2D eigenvalue weighted by Crippen LogP contribution is 2.29. The molecule has 2 aromatic rings. The van der Waals surface area contributed by atoms with Crippen molar-refractivity contribution in [2.75, 3.05) is 32.9 Å². The van der Waals surface area contributed by atoms with Crippen molar-refractivity contribution in [1.82, 2.24) is 10.2 Å². The lowest BCUT2D eigenvalue weighted by Gasteiger charge is -2.33. The van der Waals surface area contributed by atoms with E-state index in [1.165, 1.54) is 0 Å². The number of amides is 2. The van der Waals surface area contributed by atoms with Gasteiger partial charge in [-0.25, -0.2) is 0 Å². The van der Waals surface area contributed by atoms with Gasteiger partial charge in [0.05, 0.1) is 6.61 Å². The first-order valence-electron chi connectivity index (χ1n) is 11.6. The van der Waals surface area contributed by atoms with Gasteiger partial charge in [0.2, 0.25) is 5.91 Å². The van der Waals surface area contributed by atoms with Gasteiger partial charge < -0.3 is 24.4 Å². The fraction of sp³-hybridized carbons (Fsp3) is 0.462. The molecule has 7 nitrogen and oxygen atoms in total. The highest BCUT2D eigenvalue weighted by Gasteiger charge is 2.26. The molecule has 1 aliphatic rings. The summed E-state index contributed by atoms with van der Waals surface area (Å²) in [4.78, 5) is 27.0. The van der Waals surface area contributed by atoms with E-state index in [0.717, 1.165) is 18.6 Å². The molecule has 0 aromatic heterocycles. The van der Waals surface area contributed by atoms with Gasteiger partial charge >= 0.3 is 0 Å². The summed E-state index contributed by atoms with van der Waals surface area (Å²) in [5.74, 6) is 1.77. The van der Waals surface area contributed by atoms with Crippen LogP contribution in [0, 0.1) is 5.92 Å². The summed E-state index contributed by atoms with van der Waals surface area (Å²) in [5.41, 5.74) is 0.544. The molecule has 1 fully saturated rings. The summed E-state index contributed by atoms with van der Waals surface area (Å²) < 4.78 is 17.3. The van der Waals surface area contributed by atoms with Gasteiger partial charge in [-0.3, -0.25) is 9.59 Å². The van der Waals surface area contributed by atoms with E-state index in [0.29, 0.717) is 50.0 Å². The van der Waals surface area contributed by atoms with E-state index in [1.54, 1.807) is 23.1 Å². The second-order valence-corrected chi connectivity index (χ2v) is 8.36. The maximum atomic E-state index is 13.1. The van der Waals surface area contributed by atoms with Crippen molar-refractivity contribution in [3.63, 3.8) is 0 Å². The Kier molecular flexibility index (Phi) is 8.98. The number of rotatable bonds is 10. The Morgan fingerprint density at radius 3 is 2.52 bits per heavy atom. The third kappa shape index (κ3) is 7.14. The van der Waals surface area contributed by atoms with E-state index in [-0.39, 0.29) is 23.8 Å². The second-order valence-electron chi connectivity index (χ2n) is 8.36. The standard InChI is InChI=1S/C26H34N2O5/c1-4-31-24-17-20(12-13-23(24)33-16-15-32-22-10-6-5-7-11-22)26(30)28-14-8-9-21(18-28)27-25(29)19(2)3/h5-7,10-13,17,19,21H,4,8-9,14-16,18H2,1-3H3,(H,27,29). The number of nitrogens with one attached hydrogen (secondary N) is 1. The van der Waals surface area contributed by atoms with Gasteiger partial charge in [-0.2, -0.15) is 0 Å². The molecule has 1 atom stereocenters. The average Bonchev–Trinajstić information content (AvgIpc) is 2.83. The van der Waals surface area contributed by atoms with Gasteiger partial charge in [0.25, 0.3) is 5.91 Å². The molecule has 3 rings (SSSR count). The quantitative estimate of drug-likeness (QED) is 0.551. The molecule has 1 heterocycles. The third-order valence-corrected chi connectivity index (χ3v) is 5.42. The number of likely N-dealkylation sites (tertiary alicyclic amines) is 1. The Balaban J connectivity index is 1.60. The number of nitrogens with zero attached hydrogens (tertiary/aromatic N) is 1. The molecule has 0 aliphatic carbocycles. The molecule has 1 aliphatic heterocycles. The third-order valence-electron chi connectivity index (χ3n) is 5.42. The predicted molar refractivity (Wildman–Crippen MR) is 127 cm³/mol. The van der Waals surface area contributed by atoms with E-state index in [9.17, 15) is 9.59 Å². The van der Waals surface area contributed by atoms with E-state index < -0.39 is 0 Å². The number of piperidine rings is 1. The van der Waals surface area contributed by atoms with Gasteiger partial charge in [0.15, 0.2) is 11.5 Å². The molecule has 178 valence electrons.